The van der Waals surface area contributed by atoms with Crippen LogP contribution in [0.5, 0.6) is 0 Å². The molecule has 0 aliphatic carbocycles. The van der Waals surface area contributed by atoms with Crippen LogP contribution in [0.2, 0.25) is 0 Å². The average Bonchev–Trinajstić information content (AvgIpc) is 3.22. The van der Waals surface area contributed by atoms with Crippen molar-refractivity contribution < 1.29 is 9.15 Å². The number of halogens is 1. The van der Waals surface area contributed by atoms with Crippen LogP contribution in [-0.2, 0) is 11.3 Å². The molecule has 2 unspecified atom stereocenters. The minimum absolute atomic E-state index is 0. The van der Waals surface area contributed by atoms with Gasteiger partial charge in [0.05, 0.1) is 18.3 Å². The molecule has 2 atom stereocenters. The van der Waals surface area contributed by atoms with E-state index in [9.17, 15) is 0 Å². The number of aryl methyl sites for hydroxylation is 2. The molecular weight excluding hydrogens is 443 g/mol. The first-order valence-electron chi connectivity index (χ1n) is 8.71. The third-order valence-corrected chi connectivity index (χ3v) is 4.58. The Labute approximate surface area is 171 Å². The molecule has 0 spiro atoms. The summed E-state index contributed by atoms with van der Waals surface area (Å²) in [7, 11) is 1.77. The van der Waals surface area contributed by atoms with Crippen molar-refractivity contribution in [2.75, 3.05) is 20.2 Å². The van der Waals surface area contributed by atoms with Crippen LogP contribution < -0.4 is 10.6 Å². The van der Waals surface area contributed by atoms with Gasteiger partial charge in [-0.05, 0) is 25.8 Å². The number of hydrogen-bond acceptors (Lipinski definition) is 4. The average molecular weight is 470 g/mol. The molecular formula is C19H27IN4O2. The molecule has 142 valence electrons. The molecule has 3 rings (SSSR count). The Morgan fingerprint density at radius 3 is 2.65 bits per heavy atom. The van der Waals surface area contributed by atoms with Gasteiger partial charge in [0.25, 0.3) is 0 Å². The first-order chi connectivity index (χ1) is 12.2. The van der Waals surface area contributed by atoms with Gasteiger partial charge in [0, 0.05) is 26.1 Å². The second kappa shape index (κ2) is 9.91. The monoisotopic (exact) mass is 470 g/mol. The molecule has 1 aliphatic heterocycles. The van der Waals surface area contributed by atoms with Gasteiger partial charge >= 0.3 is 0 Å². The number of oxazole rings is 1. The molecule has 1 aliphatic rings. The third-order valence-electron chi connectivity index (χ3n) is 4.58. The predicted octanol–water partition coefficient (Wildman–Crippen LogP) is 3.35. The Hall–Kier alpha value is -1.61. The topological polar surface area (TPSA) is 71.7 Å². The van der Waals surface area contributed by atoms with E-state index in [1.54, 1.807) is 7.05 Å². The molecule has 1 saturated heterocycles. The third kappa shape index (κ3) is 5.20. The van der Waals surface area contributed by atoms with Crippen molar-refractivity contribution in [3.8, 4) is 0 Å². The molecule has 1 fully saturated rings. The Morgan fingerprint density at radius 2 is 2.00 bits per heavy atom. The SMILES string of the molecule is CN=C(NCc1nc(C)c(C)o1)NCC1CCOC1c1ccccc1.I. The predicted molar refractivity (Wildman–Crippen MR) is 113 cm³/mol. The highest BCUT2D eigenvalue weighted by Crippen LogP contribution is 2.33. The van der Waals surface area contributed by atoms with E-state index in [2.05, 4.69) is 44.9 Å². The summed E-state index contributed by atoms with van der Waals surface area (Å²) in [5, 5.41) is 6.64. The largest absolute Gasteiger partial charge is 0.444 e. The zero-order valence-corrected chi connectivity index (χ0v) is 17.8. The van der Waals surface area contributed by atoms with Gasteiger partial charge in [0.2, 0.25) is 5.89 Å². The summed E-state index contributed by atoms with van der Waals surface area (Å²) in [4.78, 5) is 8.65. The Morgan fingerprint density at radius 1 is 1.23 bits per heavy atom. The Kier molecular flexibility index (Phi) is 7.89. The summed E-state index contributed by atoms with van der Waals surface area (Å²) in [6.07, 6.45) is 1.19. The second-order valence-electron chi connectivity index (χ2n) is 6.31. The molecule has 7 heteroatoms. The van der Waals surface area contributed by atoms with Crippen molar-refractivity contribution in [2.24, 2.45) is 10.9 Å². The summed E-state index contributed by atoms with van der Waals surface area (Å²) < 4.78 is 11.5. The zero-order valence-electron chi connectivity index (χ0n) is 15.5. The van der Waals surface area contributed by atoms with Gasteiger partial charge < -0.3 is 19.8 Å². The van der Waals surface area contributed by atoms with Crippen LogP contribution in [0.25, 0.3) is 0 Å². The molecule has 2 N–H and O–H groups in total. The highest BCUT2D eigenvalue weighted by atomic mass is 127. The first kappa shape index (κ1) is 20.7. The van der Waals surface area contributed by atoms with E-state index in [1.807, 2.05) is 19.9 Å². The summed E-state index contributed by atoms with van der Waals surface area (Å²) >= 11 is 0. The smallest absolute Gasteiger partial charge is 0.214 e. The summed E-state index contributed by atoms with van der Waals surface area (Å²) in [5.41, 5.74) is 2.16. The fourth-order valence-corrected chi connectivity index (χ4v) is 3.08. The van der Waals surface area contributed by atoms with Crippen LogP contribution in [0.15, 0.2) is 39.7 Å². The van der Waals surface area contributed by atoms with Gasteiger partial charge in [-0.3, -0.25) is 4.99 Å². The number of hydrogen-bond donors (Lipinski definition) is 2. The lowest BCUT2D eigenvalue weighted by Gasteiger charge is -2.20. The van der Waals surface area contributed by atoms with Crippen LogP contribution in [0.1, 0.15) is 35.4 Å². The molecule has 0 radical (unpaired) electrons. The maximum absolute atomic E-state index is 5.94. The van der Waals surface area contributed by atoms with Gasteiger partial charge in [-0.1, -0.05) is 30.3 Å². The van der Waals surface area contributed by atoms with E-state index in [0.717, 1.165) is 37.0 Å². The van der Waals surface area contributed by atoms with E-state index in [-0.39, 0.29) is 30.1 Å². The van der Waals surface area contributed by atoms with Crippen molar-refractivity contribution in [1.29, 1.82) is 0 Å². The molecule has 2 heterocycles. The molecule has 2 aromatic rings. The molecule has 1 aromatic heterocycles. The van der Waals surface area contributed by atoms with E-state index in [4.69, 9.17) is 9.15 Å². The number of benzene rings is 1. The zero-order chi connectivity index (χ0) is 17.6. The molecule has 26 heavy (non-hydrogen) atoms. The maximum Gasteiger partial charge on any atom is 0.214 e. The molecule has 0 bridgehead atoms. The highest BCUT2D eigenvalue weighted by molar-refractivity contribution is 14.0. The van der Waals surface area contributed by atoms with E-state index in [1.165, 1.54) is 5.56 Å². The number of aliphatic imine (C=N–C) groups is 1. The van der Waals surface area contributed by atoms with Gasteiger partial charge in [-0.2, -0.15) is 0 Å². The number of rotatable bonds is 5. The number of ether oxygens (including phenoxy) is 1. The van der Waals surface area contributed by atoms with Crippen molar-refractivity contribution in [3.63, 3.8) is 0 Å². The number of nitrogens with zero attached hydrogens (tertiary/aromatic N) is 2. The number of nitrogens with one attached hydrogen (secondary N) is 2. The standard InChI is InChI=1S/C19H26N4O2.HI/c1-13-14(2)25-17(23-13)12-22-19(20-3)21-11-16-9-10-24-18(16)15-7-5-4-6-8-15;/h4-8,16,18H,9-12H2,1-3H3,(H2,20,21,22);1H. The molecule has 0 saturated carbocycles. The van der Waals surface area contributed by atoms with Gasteiger partial charge in [-0.15, -0.1) is 24.0 Å². The van der Waals surface area contributed by atoms with Crippen LogP contribution in [0.3, 0.4) is 0 Å². The van der Waals surface area contributed by atoms with Gasteiger partial charge in [-0.25, -0.2) is 4.98 Å². The lowest BCUT2D eigenvalue weighted by atomic mass is 9.95. The van der Waals surface area contributed by atoms with E-state index >= 15 is 0 Å². The summed E-state index contributed by atoms with van der Waals surface area (Å²) in [5.74, 6) is 2.69. The van der Waals surface area contributed by atoms with Crippen molar-refractivity contribution in [1.82, 2.24) is 15.6 Å². The van der Waals surface area contributed by atoms with Crippen LogP contribution in [0.4, 0.5) is 0 Å². The first-order valence-corrected chi connectivity index (χ1v) is 8.71. The van der Waals surface area contributed by atoms with Crippen molar-refractivity contribution in [2.45, 2.75) is 32.9 Å². The fourth-order valence-electron chi connectivity index (χ4n) is 3.08. The quantitative estimate of drug-likeness (QED) is 0.399. The van der Waals surface area contributed by atoms with E-state index < -0.39 is 0 Å². The second-order valence-corrected chi connectivity index (χ2v) is 6.31. The van der Waals surface area contributed by atoms with Crippen molar-refractivity contribution in [3.05, 3.63) is 53.2 Å². The summed E-state index contributed by atoms with van der Waals surface area (Å²) in [6.45, 7) is 5.98. The van der Waals surface area contributed by atoms with Crippen LogP contribution in [0, 0.1) is 19.8 Å². The lowest BCUT2D eigenvalue weighted by Crippen LogP contribution is -2.40. The minimum atomic E-state index is 0. The van der Waals surface area contributed by atoms with Crippen LogP contribution >= 0.6 is 24.0 Å². The van der Waals surface area contributed by atoms with Gasteiger partial charge in [0.1, 0.15) is 5.76 Å². The number of aromatic nitrogens is 1. The molecule has 0 amide bonds. The van der Waals surface area contributed by atoms with Gasteiger partial charge in [0.15, 0.2) is 5.96 Å². The number of guanidine groups is 1. The van der Waals surface area contributed by atoms with Crippen molar-refractivity contribution >= 4 is 29.9 Å². The maximum atomic E-state index is 5.94. The summed E-state index contributed by atoms with van der Waals surface area (Å²) in [6, 6.07) is 10.4. The Bertz CT molecular complexity index is 698. The lowest BCUT2D eigenvalue weighted by molar-refractivity contribution is 0.0915. The van der Waals surface area contributed by atoms with E-state index in [0.29, 0.717) is 18.4 Å². The van der Waals surface area contributed by atoms with Crippen LogP contribution in [-0.4, -0.2) is 31.1 Å². The molecule has 1 aromatic carbocycles. The minimum Gasteiger partial charge on any atom is -0.444 e. The highest BCUT2D eigenvalue weighted by Gasteiger charge is 2.29. The Balaban J connectivity index is 0.00000243. The fraction of sp³-hybridized carbons (Fsp3) is 0.474. The normalized spacial score (nSPS) is 19.9. The molecule has 6 nitrogen and oxygen atoms in total.